The van der Waals surface area contributed by atoms with E-state index in [4.69, 9.17) is 0 Å². The van der Waals surface area contributed by atoms with Gasteiger partial charge in [-0.3, -0.25) is 14.4 Å². The molecule has 126 valence electrons. The van der Waals surface area contributed by atoms with E-state index in [9.17, 15) is 40.7 Å². The number of hydrogen-bond acceptors (Lipinski definition) is 6. The van der Waals surface area contributed by atoms with Crippen molar-refractivity contribution in [3.05, 3.63) is 0 Å². The first-order valence-corrected chi connectivity index (χ1v) is 6.89. The summed E-state index contributed by atoms with van der Waals surface area (Å²) >= 11 is -4.39. The highest BCUT2D eigenvalue weighted by Gasteiger charge is 2.52. The Bertz CT molecular complexity index is 342. The molecule has 0 radical (unpaired) electrons. The number of carbonyl (C=O) groups is 3. The highest BCUT2D eigenvalue weighted by Crippen LogP contribution is 2.07. The minimum Gasteiger partial charge on any atom is -0.549 e. The average molecular weight is 354 g/mol. The second-order valence-corrected chi connectivity index (χ2v) is 4.75. The molecule has 22 heavy (non-hydrogen) atoms. The van der Waals surface area contributed by atoms with E-state index in [1.54, 1.807) is 0 Å². The zero-order chi connectivity index (χ0) is 17.3. The molecule has 6 nitrogen and oxygen atoms in total. The van der Waals surface area contributed by atoms with E-state index in [-0.39, 0.29) is 0 Å². The van der Waals surface area contributed by atoms with Crippen molar-refractivity contribution in [2.24, 2.45) is 0 Å². The lowest BCUT2D eigenvalue weighted by molar-refractivity contribution is -0.154. The third-order valence-electron chi connectivity index (χ3n) is 1.81. The van der Waals surface area contributed by atoms with Crippen molar-refractivity contribution in [2.75, 3.05) is 20.0 Å². The van der Waals surface area contributed by atoms with Crippen LogP contribution in [0, 0.1) is 0 Å². The van der Waals surface area contributed by atoms with Crippen LogP contribution in [0.5, 0.6) is 0 Å². The summed E-state index contributed by atoms with van der Waals surface area (Å²) in [5.74, 6) is -5.94. The Labute approximate surface area is 124 Å². The fourth-order valence-corrected chi connectivity index (χ4v) is 1.92. The third-order valence-corrected chi connectivity index (χ3v) is 3.09. The standard InChI is InChI=1S/3C3H4F2O2.Al/c3*4-1-2(5)3(6)7;/h3*2H,1H2,(H,6,7);/q;;;+3/p-3. The van der Waals surface area contributed by atoms with Crippen LogP contribution in [0.25, 0.3) is 0 Å². The molecule has 3 unspecified atom stereocenters. The van der Waals surface area contributed by atoms with Crippen molar-refractivity contribution in [3.8, 4) is 0 Å². The molecule has 0 bridgehead atoms. The van der Waals surface area contributed by atoms with Crippen LogP contribution in [0.4, 0.5) is 26.3 Å². The lowest BCUT2D eigenvalue weighted by Gasteiger charge is -2.15. The van der Waals surface area contributed by atoms with Crippen LogP contribution < -0.4 is 0 Å². The summed E-state index contributed by atoms with van der Waals surface area (Å²) in [4.78, 5) is 32.7. The van der Waals surface area contributed by atoms with Gasteiger partial charge >= 0.3 is 33.1 Å². The van der Waals surface area contributed by atoms with Gasteiger partial charge in [-0.1, -0.05) is 0 Å². The molecular weight excluding hydrogens is 345 g/mol. The first-order chi connectivity index (χ1) is 10.3. The van der Waals surface area contributed by atoms with Crippen LogP contribution in [0.3, 0.4) is 0 Å². The molecule has 13 heteroatoms. The highest BCUT2D eigenvalue weighted by molar-refractivity contribution is 6.44. The van der Waals surface area contributed by atoms with E-state index < -0.39 is 71.6 Å². The molecule has 0 saturated heterocycles. The highest BCUT2D eigenvalue weighted by atomic mass is 27.3. The second-order valence-electron chi connectivity index (χ2n) is 3.46. The summed E-state index contributed by atoms with van der Waals surface area (Å²) in [6.07, 6.45) is -8.51. The van der Waals surface area contributed by atoms with E-state index in [1.165, 1.54) is 0 Å². The van der Waals surface area contributed by atoms with Gasteiger partial charge in [-0.25, -0.2) is 26.3 Å². The Hall–Kier alpha value is -1.48. The SMILES string of the molecule is O=C([O][Al]([O]C(=O)C(F)CF)[O]C(=O)C(F)CF)C(F)CF. The second kappa shape index (κ2) is 10.3. The number of hydrogen-bond donors (Lipinski definition) is 0. The lowest BCUT2D eigenvalue weighted by Crippen LogP contribution is -2.41. The maximum atomic E-state index is 12.6. The molecule has 0 aliphatic heterocycles. The molecule has 0 aromatic carbocycles. The van der Waals surface area contributed by atoms with Gasteiger partial charge in [0, 0.05) is 0 Å². The molecule has 0 aromatic rings. The molecule has 0 aliphatic rings. The van der Waals surface area contributed by atoms with E-state index in [0.29, 0.717) is 0 Å². The summed E-state index contributed by atoms with van der Waals surface area (Å²) in [6.45, 7) is -5.52. The molecule has 3 atom stereocenters. The first-order valence-electron chi connectivity index (χ1n) is 5.48. The molecule has 0 spiro atoms. The monoisotopic (exact) mass is 354 g/mol. The van der Waals surface area contributed by atoms with Crippen LogP contribution in [0.15, 0.2) is 0 Å². The molecule has 0 aliphatic carbocycles. The van der Waals surface area contributed by atoms with Gasteiger partial charge in [0.15, 0.2) is 0 Å². The van der Waals surface area contributed by atoms with Crippen LogP contribution >= 0.6 is 0 Å². The van der Waals surface area contributed by atoms with Crippen molar-refractivity contribution in [3.63, 3.8) is 0 Å². The average Bonchev–Trinajstić information content (AvgIpc) is 2.51. The summed E-state index contributed by atoms with van der Waals surface area (Å²) in [6, 6.07) is 0. The number of rotatable bonds is 9. The van der Waals surface area contributed by atoms with Gasteiger partial charge in [0.25, 0.3) is 0 Å². The van der Waals surface area contributed by atoms with Gasteiger partial charge in [0.05, 0.1) is 0 Å². The molecule has 0 heterocycles. The maximum Gasteiger partial charge on any atom is 1.20 e. The lowest BCUT2D eigenvalue weighted by atomic mass is 10.4. The Morgan fingerprint density at radius 1 is 0.682 bits per heavy atom. The van der Waals surface area contributed by atoms with Crippen molar-refractivity contribution < 1.29 is 52.1 Å². The van der Waals surface area contributed by atoms with Crippen molar-refractivity contribution in [1.82, 2.24) is 0 Å². The largest absolute Gasteiger partial charge is 1.20 e. The van der Waals surface area contributed by atoms with Gasteiger partial charge in [-0.15, -0.1) is 0 Å². The predicted octanol–water partition coefficient (Wildman–Crippen LogP) is 0.524. The van der Waals surface area contributed by atoms with E-state index in [0.717, 1.165) is 0 Å². The van der Waals surface area contributed by atoms with E-state index in [1.807, 2.05) is 0 Å². The van der Waals surface area contributed by atoms with Crippen LogP contribution in [-0.2, 0) is 25.7 Å². The Morgan fingerprint density at radius 3 is 1.09 bits per heavy atom. The molecule has 0 rings (SSSR count). The molecular formula is C9H9AlF6O6. The van der Waals surface area contributed by atoms with Crippen LogP contribution in [0.2, 0.25) is 0 Å². The summed E-state index contributed by atoms with van der Waals surface area (Å²) in [5.41, 5.74) is 0. The molecule has 0 aromatic heterocycles. The van der Waals surface area contributed by atoms with Gasteiger partial charge in [0.1, 0.15) is 20.0 Å². The predicted molar refractivity (Wildman–Crippen MR) is 56.6 cm³/mol. The Morgan fingerprint density at radius 2 is 0.909 bits per heavy atom. The topological polar surface area (TPSA) is 78.9 Å². The summed E-state index contributed by atoms with van der Waals surface area (Å²) in [5, 5.41) is 0. The normalized spacial score (nSPS) is 14.5. The minimum absolute atomic E-state index is 1.84. The van der Waals surface area contributed by atoms with Gasteiger partial charge < -0.3 is 11.4 Å². The van der Waals surface area contributed by atoms with Crippen LogP contribution in [0.1, 0.15) is 0 Å². The van der Waals surface area contributed by atoms with E-state index in [2.05, 4.69) is 11.4 Å². The Balaban J connectivity index is 4.86. The zero-order valence-electron chi connectivity index (χ0n) is 10.6. The number of alkyl halides is 6. The summed E-state index contributed by atoms with van der Waals surface area (Å²) < 4.78 is 85.4. The van der Waals surface area contributed by atoms with Crippen molar-refractivity contribution in [2.45, 2.75) is 18.5 Å². The number of carbonyl (C=O) groups excluding carboxylic acids is 3. The Kier molecular flexibility index (Phi) is 9.59. The molecule has 0 fully saturated rings. The quantitative estimate of drug-likeness (QED) is 0.444. The zero-order valence-corrected chi connectivity index (χ0v) is 11.8. The summed E-state index contributed by atoms with van der Waals surface area (Å²) in [7, 11) is 0. The van der Waals surface area contributed by atoms with Gasteiger partial charge in [0.2, 0.25) is 18.5 Å². The fourth-order valence-electron chi connectivity index (χ4n) is 0.767. The fraction of sp³-hybridized carbons (Fsp3) is 0.667. The first kappa shape index (κ1) is 20.5. The molecule has 0 N–H and O–H groups in total. The van der Waals surface area contributed by atoms with Gasteiger partial charge in [-0.2, -0.15) is 0 Å². The van der Waals surface area contributed by atoms with Gasteiger partial charge in [-0.05, 0) is 0 Å². The third kappa shape index (κ3) is 6.99. The van der Waals surface area contributed by atoms with E-state index >= 15 is 0 Å². The van der Waals surface area contributed by atoms with Crippen molar-refractivity contribution in [1.29, 1.82) is 0 Å². The minimum atomic E-state index is -4.39. The number of halogens is 6. The van der Waals surface area contributed by atoms with Crippen molar-refractivity contribution >= 4 is 33.1 Å². The van der Waals surface area contributed by atoms with Crippen LogP contribution in [-0.4, -0.2) is 71.6 Å². The maximum absolute atomic E-state index is 12.6. The smallest absolute Gasteiger partial charge is 0.549 e. The molecule has 0 amide bonds. The molecule has 0 saturated carbocycles.